The molecular formula is C27H35Cl2FN4O6S. The second kappa shape index (κ2) is 15.5. The predicted octanol–water partition coefficient (Wildman–Crippen LogP) is 3.76. The molecule has 0 saturated carbocycles. The minimum atomic E-state index is -4.10. The topological polar surface area (TPSA) is 123 Å². The average molecular weight is 634 g/mol. The van der Waals surface area contributed by atoms with Crippen molar-refractivity contribution >= 4 is 40.6 Å². The van der Waals surface area contributed by atoms with Gasteiger partial charge in [0, 0.05) is 51.5 Å². The molecule has 41 heavy (non-hydrogen) atoms. The maximum atomic E-state index is 13.6. The number of benzene rings is 2. The molecule has 0 bridgehead atoms. The van der Waals surface area contributed by atoms with E-state index >= 15 is 0 Å². The van der Waals surface area contributed by atoms with Crippen molar-refractivity contribution in [3.05, 3.63) is 66.7 Å². The normalized spacial score (nSPS) is 14.9. The predicted molar refractivity (Wildman–Crippen MR) is 156 cm³/mol. The number of carbonyl (C=O) groups excluding carboxylic acids is 1. The van der Waals surface area contributed by atoms with Gasteiger partial charge in [-0.15, -0.1) is 24.8 Å². The fraction of sp³-hybridized carbons (Fsp3) is 0.407. The lowest BCUT2D eigenvalue weighted by atomic mass is 9.95. The number of aromatic nitrogens is 2. The smallest absolute Gasteiger partial charge is 0.265 e. The summed E-state index contributed by atoms with van der Waals surface area (Å²) >= 11 is 0. The number of piperidine rings is 1. The maximum Gasteiger partial charge on any atom is 0.265 e. The number of aryl methyl sites for hydroxylation is 1. The molecule has 2 heterocycles. The fourth-order valence-electron chi connectivity index (χ4n) is 4.71. The first-order valence-corrected chi connectivity index (χ1v) is 14.2. The number of hydrogen-bond acceptors (Lipinski definition) is 8. The molecule has 4 rings (SSSR count). The SMILES string of the molecule is COCCN1CCC(C(=O)NO)(S(=O)(=O)c2ccc(OCCCn3cc(-c4ccc(F)cc4)cn3)cc2)CC1.Cl.Cl. The van der Waals surface area contributed by atoms with Crippen molar-refractivity contribution in [3.8, 4) is 16.9 Å². The zero-order valence-electron chi connectivity index (χ0n) is 22.6. The summed E-state index contributed by atoms with van der Waals surface area (Å²) in [5.74, 6) is -0.713. The third-order valence-corrected chi connectivity index (χ3v) is 9.57. The van der Waals surface area contributed by atoms with Crippen molar-refractivity contribution in [2.75, 3.05) is 40.0 Å². The minimum absolute atomic E-state index is 0. The molecule has 1 aromatic heterocycles. The lowest BCUT2D eigenvalue weighted by Crippen LogP contribution is -2.57. The highest BCUT2D eigenvalue weighted by molar-refractivity contribution is 7.93. The summed E-state index contributed by atoms with van der Waals surface area (Å²) in [4.78, 5) is 14.7. The molecule has 2 aromatic carbocycles. The molecule has 10 nitrogen and oxygen atoms in total. The fourth-order valence-corrected chi connectivity index (χ4v) is 6.67. The molecule has 1 aliphatic rings. The van der Waals surface area contributed by atoms with Gasteiger partial charge in [-0.25, -0.2) is 18.3 Å². The summed E-state index contributed by atoms with van der Waals surface area (Å²) < 4.78 is 51.2. The standard InChI is InChI=1S/C27H33FN4O6S.2ClH/c1-37-18-16-31-14-11-27(12-15-31,26(33)30-34)39(35,36)25-9-7-24(8-10-25)38-17-2-13-32-20-22(19-29-32)21-3-5-23(28)6-4-21;;/h3-10,19-20,34H,2,11-18H2,1H3,(H,30,33);2*1H. The van der Waals surface area contributed by atoms with Crippen LogP contribution in [0.15, 0.2) is 65.8 Å². The van der Waals surface area contributed by atoms with E-state index in [2.05, 4.69) is 5.10 Å². The average Bonchev–Trinajstić information content (AvgIpc) is 3.43. The van der Waals surface area contributed by atoms with Crippen LogP contribution in [0.4, 0.5) is 4.39 Å². The summed E-state index contributed by atoms with van der Waals surface area (Å²) in [6, 6.07) is 12.2. The van der Waals surface area contributed by atoms with E-state index in [1.165, 1.54) is 24.3 Å². The highest BCUT2D eigenvalue weighted by Crippen LogP contribution is 2.36. The molecule has 3 aromatic rings. The Hall–Kier alpha value is -2.74. The third-order valence-electron chi connectivity index (χ3n) is 7.05. The second-order valence-corrected chi connectivity index (χ2v) is 11.7. The van der Waals surface area contributed by atoms with Gasteiger partial charge in [-0.05, 0) is 54.8 Å². The Labute approximate surface area is 251 Å². The number of rotatable bonds is 12. The van der Waals surface area contributed by atoms with E-state index in [0.717, 1.165) is 11.1 Å². The molecule has 0 unspecified atom stereocenters. The van der Waals surface area contributed by atoms with Crippen molar-refractivity contribution in [1.29, 1.82) is 0 Å². The van der Waals surface area contributed by atoms with Crippen LogP contribution in [-0.2, 0) is 25.9 Å². The van der Waals surface area contributed by atoms with Gasteiger partial charge in [0.2, 0.25) is 0 Å². The van der Waals surface area contributed by atoms with E-state index in [0.29, 0.717) is 51.6 Å². The zero-order valence-corrected chi connectivity index (χ0v) is 25.0. The summed E-state index contributed by atoms with van der Waals surface area (Å²) in [5, 5.41) is 13.7. The van der Waals surface area contributed by atoms with Crippen LogP contribution in [-0.4, -0.2) is 78.9 Å². The number of nitrogens with zero attached hydrogens (tertiary/aromatic N) is 3. The van der Waals surface area contributed by atoms with Crippen LogP contribution in [0.5, 0.6) is 5.75 Å². The van der Waals surface area contributed by atoms with E-state index in [9.17, 15) is 22.8 Å². The number of methoxy groups -OCH3 is 1. The van der Waals surface area contributed by atoms with Gasteiger partial charge in [-0.2, -0.15) is 5.10 Å². The number of hydrogen-bond donors (Lipinski definition) is 2. The van der Waals surface area contributed by atoms with E-state index < -0.39 is 20.5 Å². The Morgan fingerprint density at radius 2 is 1.68 bits per heavy atom. The highest BCUT2D eigenvalue weighted by Gasteiger charge is 2.52. The molecular weight excluding hydrogens is 598 g/mol. The molecule has 0 spiro atoms. The number of nitrogens with one attached hydrogen (secondary N) is 1. The molecule has 0 atom stereocenters. The maximum absolute atomic E-state index is 13.6. The Morgan fingerprint density at radius 3 is 2.29 bits per heavy atom. The Morgan fingerprint density at radius 1 is 1.02 bits per heavy atom. The molecule has 0 radical (unpaired) electrons. The van der Waals surface area contributed by atoms with Gasteiger partial charge in [-0.1, -0.05) is 12.1 Å². The largest absolute Gasteiger partial charge is 0.494 e. The highest BCUT2D eigenvalue weighted by atomic mass is 35.5. The zero-order chi connectivity index (χ0) is 27.9. The van der Waals surface area contributed by atoms with Gasteiger partial charge < -0.3 is 14.4 Å². The van der Waals surface area contributed by atoms with Gasteiger partial charge in [0.05, 0.1) is 24.3 Å². The van der Waals surface area contributed by atoms with E-state index in [-0.39, 0.29) is 48.4 Å². The molecule has 1 aliphatic heterocycles. The van der Waals surface area contributed by atoms with Crippen molar-refractivity contribution in [2.24, 2.45) is 0 Å². The first kappa shape index (κ1) is 34.5. The minimum Gasteiger partial charge on any atom is -0.494 e. The third kappa shape index (κ3) is 7.97. The van der Waals surface area contributed by atoms with Crippen LogP contribution in [0.3, 0.4) is 0 Å². The van der Waals surface area contributed by atoms with Crippen molar-refractivity contribution < 1.29 is 32.3 Å². The Kier molecular flexibility index (Phi) is 13.0. The van der Waals surface area contributed by atoms with Crippen molar-refractivity contribution in [3.63, 3.8) is 0 Å². The number of hydroxylamine groups is 1. The molecule has 0 aliphatic carbocycles. The molecule has 2 N–H and O–H groups in total. The lowest BCUT2D eigenvalue weighted by molar-refractivity contribution is -0.133. The van der Waals surface area contributed by atoms with E-state index in [1.54, 1.807) is 47.7 Å². The molecule has 1 fully saturated rings. The lowest BCUT2D eigenvalue weighted by Gasteiger charge is -2.39. The van der Waals surface area contributed by atoms with Gasteiger partial charge in [0.15, 0.2) is 14.6 Å². The van der Waals surface area contributed by atoms with Gasteiger partial charge in [-0.3, -0.25) is 14.7 Å². The van der Waals surface area contributed by atoms with Gasteiger partial charge in [0.1, 0.15) is 11.6 Å². The van der Waals surface area contributed by atoms with E-state index in [1.807, 2.05) is 11.1 Å². The first-order valence-electron chi connectivity index (χ1n) is 12.7. The summed E-state index contributed by atoms with van der Waals surface area (Å²) in [5.41, 5.74) is 3.34. The second-order valence-electron chi connectivity index (χ2n) is 9.45. The van der Waals surface area contributed by atoms with Crippen LogP contribution >= 0.6 is 24.8 Å². The van der Waals surface area contributed by atoms with Crippen LogP contribution in [0, 0.1) is 5.82 Å². The Bertz CT molecular complexity index is 1350. The van der Waals surface area contributed by atoms with E-state index in [4.69, 9.17) is 9.47 Å². The number of sulfone groups is 1. The van der Waals surface area contributed by atoms with Crippen molar-refractivity contribution in [1.82, 2.24) is 20.2 Å². The molecule has 14 heteroatoms. The monoisotopic (exact) mass is 632 g/mol. The first-order chi connectivity index (χ1) is 18.8. The summed E-state index contributed by atoms with van der Waals surface area (Å²) in [7, 11) is -2.50. The number of halogens is 3. The molecule has 226 valence electrons. The quantitative estimate of drug-likeness (QED) is 0.176. The van der Waals surface area contributed by atoms with Crippen LogP contribution in [0.2, 0.25) is 0 Å². The molecule has 1 saturated heterocycles. The van der Waals surface area contributed by atoms with Crippen LogP contribution < -0.4 is 10.2 Å². The summed E-state index contributed by atoms with van der Waals surface area (Å²) in [6.45, 7) is 2.90. The van der Waals surface area contributed by atoms with Gasteiger partial charge >= 0.3 is 0 Å². The van der Waals surface area contributed by atoms with Crippen molar-refractivity contribution in [2.45, 2.75) is 35.4 Å². The Balaban J connectivity index is 0.00000294. The number of ether oxygens (including phenoxy) is 2. The number of carbonyl (C=O) groups is 1. The number of likely N-dealkylation sites (tertiary alicyclic amines) is 1. The van der Waals surface area contributed by atoms with Gasteiger partial charge in [0.25, 0.3) is 5.91 Å². The molecule has 1 amide bonds. The number of amides is 1. The summed E-state index contributed by atoms with van der Waals surface area (Å²) in [6.07, 6.45) is 4.37. The van der Waals surface area contributed by atoms with Crippen LogP contribution in [0.1, 0.15) is 19.3 Å². The van der Waals surface area contributed by atoms with Crippen LogP contribution in [0.25, 0.3) is 11.1 Å².